The zero-order chi connectivity index (χ0) is 26.7. The van der Waals surface area contributed by atoms with E-state index in [4.69, 9.17) is 46.4 Å². The van der Waals surface area contributed by atoms with E-state index in [1.807, 2.05) is 12.1 Å². The molecule has 0 aliphatic rings. The van der Waals surface area contributed by atoms with Gasteiger partial charge in [0.05, 0.1) is 30.8 Å². The number of nitrogens with one attached hydrogen (secondary N) is 3. The van der Waals surface area contributed by atoms with Crippen molar-refractivity contribution in [1.82, 2.24) is 4.98 Å². The molecule has 1 heterocycles. The Labute approximate surface area is 230 Å². The number of hydrogen-bond donors (Lipinski definition) is 3. The van der Waals surface area contributed by atoms with Crippen LogP contribution in [0.25, 0.3) is 21.9 Å². The number of anilines is 2. The number of nitriles is 2. The summed E-state index contributed by atoms with van der Waals surface area (Å²) in [6.45, 7) is 0. The molecular formula is C26H13Cl4N5O2. The summed E-state index contributed by atoms with van der Waals surface area (Å²) in [6.07, 6.45) is 0. The van der Waals surface area contributed by atoms with Crippen molar-refractivity contribution in [3.05, 3.63) is 91.5 Å². The minimum Gasteiger partial charge on any atom is -0.352 e. The first-order chi connectivity index (χ1) is 17.7. The summed E-state index contributed by atoms with van der Waals surface area (Å²) in [6, 6.07) is 19.5. The molecule has 11 heteroatoms. The van der Waals surface area contributed by atoms with Crippen molar-refractivity contribution >= 4 is 91.5 Å². The maximum atomic E-state index is 13.0. The molecule has 0 saturated heterocycles. The first kappa shape index (κ1) is 26.1. The highest BCUT2D eigenvalue weighted by molar-refractivity contribution is 6.43. The van der Waals surface area contributed by atoms with Crippen LogP contribution in [0.3, 0.4) is 0 Å². The molecule has 0 radical (unpaired) electrons. The van der Waals surface area contributed by atoms with Crippen molar-refractivity contribution in [2.45, 2.75) is 0 Å². The van der Waals surface area contributed by atoms with E-state index < -0.39 is 11.8 Å². The molecule has 0 aliphatic carbocycles. The van der Waals surface area contributed by atoms with Crippen LogP contribution in [0.1, 0.15) is 0 Å². The van der Waals surface area contributed by atoms with Crippen LogP contribution in [0.5, 0.6) is 0 Å². The van der Waals surface area contributed by atoms with Gasteiger partial charge < -0.3 is 15.6 Å². The van der Waals surface area contributed by atoms with E-state index >= 15 is 0 Å². The number of carbonyl (C=O) groups excluding carboxylic acids is 2. The van der Waals surface area contributed by atoms with Crippen LogP contribution in [0.15, 0.2) is 60.7 Å². The second-order valence-corrected chi connectivity index (χ2v) is 9.19. The molecule has 7 nitrogen and oxygen atoms in total. The van der Waals surface area contributed by atoms with Crippen LogP contribution >= 0.6 is 46.4 Å². The fraction of sp³-hybridized carbons (Fsp3) is 0. The molecule has 3 N–H and O–H groups in total. The highest BCUT2D eigenvalue weighted by Crippen LogP contribution is 2.26. The maximum absolute atomic E-state index is 13.0. The summed E-state index contributed by atoms with van der Waals surface area (Å²) >= 11 is 23.9. The number of halogens is 4. The van der Waals surface area contributed by atoms with Crippen LogP contribution in [-0.2, 0) is 9.59 Å². The SMILES string of the molecule is N#C/C(C(=O)Nc1ccc(Cl)c(Cl)c1)=c1/[nH]/c(=C(\C#N)C(=O)Nc2ccc(Cl)c(Cl)c2)c2ccccc12. The van der Waals surface area contributed by atoms with Gasteiger partial charge in [-0.2, -0.15) is 10.5 Å². The maximum Gasteiger partial charge on any atom is 0.268 e. The third kappa shape index (κ3) is 5.41. The first-order valence-corrected chi connectivity index (χ1v) is 11.9. The van der Waals surface area contributed by atoms with Crippen molar-refractivity contribution < 1.29 is 9.59 Å². The topological polar surface area (TPSA) is 122 Å². The van der Waals surface area contributed by atoms with Gasteiger partial charge in [-0.1, -0.05) is 70.7 Å². The predicted molar refractivity (Wildman–Crippen MR) is 146 cm³/mol. The first-order valence-electron chi connectivity index (χ1n) is 10.4. The lowest BCUT2D eigenvalue weighted by atomic mass is 10.1. The number of H-pyrrole nitrogens is 1. The van der Waals surface area contributed by atoms with E-state index in [0.29, 0.717) is 32.2 Å². The Hall–Kier alpha value is -3.98. The highest BCUT2D eigenvalue weighted by atomic mass is 35.5. The number of rotatable bonds is 4. The molecule has 182 valence electrons. The van der Waals surface area contributed by atoms with Gasteiger partial charge in [0.25, 0.3) is 11.8 Å². The third-order valence-corrected chi connectivity index (χ3v) is 6.73. The molecule has 0 fully saturated rings. The molecule has 0 unspecified atom stereocenters. The molecule has 1 aromatic heterocycles. The fourth-order valence-electron chi connectivity index (χ4n) is 3.55. The second kappa shape index (κ2) is 11.0. The molecule has 2 amide bonds. The van der Waals surface area contributed by atoms with E-state index in [0.717, 1.165) is 0 Å². The second-order valence-electron chi connectivity index (χ2n) is 7.56. The van der Waals surface area contributed by atoms with E-state index in [1.54, 1.807) is 24.3 Å². The van der Waals surface area contributed by atoms with Crippen LogP contribution in [-0.4, -0.2) is 16.8 Å². The van der Waals surface area contributed by atoms with E-state index in [1.165, 1.54) is 36.4 Å². The Morgan fingerprint density at radius 2 is 1.05 bits per heavy atom. The number of benzene rings is 3. The minimum atomic E-state index is -0.724. The Morgan fingerprint density at radius 1 is 0.649 bits per heavy atom. The number of amides is 2. The molecular weight excluding hydrogens is 556 g/mol. The molecule has 0 atom stereocenters. The average Bonchev–Trinajstić information content (AvgIpc) is 3.24. The van der Waals surface area contributed by atoms with E-state index in [-0.39, 0.29) is 31.9 Å². The smallest absolute Gasteiger partial charge is 0.268 e. The van der Waals surface area contributed by atoms with Crippen LogP contribution in [0.2, 0.25) is 20.1 Å². The lowest BCUT2D eigenvalue weighted by molar-refractivity contribution is -0.111. The quantitative estimate of drug-likeness (QED) is 0.305. The standard InChI is InChI=1S/C26H13Cl4N5O2/c27-19-7-5-13(9-21(19)29)33-25(36)17(11-31)23-15-3-1-2-4-16(15)24(35-23)18(12-32)26(37)34-14-6-8-20(28)22(30)10-14/h1-10,35H,(H,33,36)(H,34,37)/b23-17-,24-18+. The number of carbonyl (C=O) groups is 2. The number of nitrogens with zero attached hydrogens (tertiary/aromatic N) is 2. The number of aromatic nitrogens is 1. The van der Waals surface area contributed by atoms with E-state index in [9.17, 15) is 20.1 Å². The number of hydrogen-bond acceptors (Lipinski definition) is 4. The Morgan fingerprint density at radius 3 is 1.41 bits per heavy atom. The van der Waals surface area contributed by atoms with Crippen molar-refractivity contribution in [2.75, 3.05) is 10.6 Å². The lowest BCUT2D eigenvalue weighted by Gasteiger charge is -2.05. The highest BCUT2D eigenvalue weighted by Gasteiger charge is 2.18. The van der Waals surface area contributed by atoms with Crippen molar-refractivity contribution in [3.8, 4) is 12.1 Å². The Kier molecular flexibility index (Phi) is 7.73. The largest absolute Gasteiger partial charge is 0.352 e. The van der Waals surface area contributed by atoms with Crippen LogP contribution in [0.4, 0.5) is 11.4 Å². The van der Waals surface area contributed by atoms with Gasteiger partial charge in [0.2, 0.25) is 0 Å². The van der Waals surface area contributed by atoms with Crippen molar-refractivity contribution in [1.29, 1.82) is 10.5 Å². The monoisotopic (exact) mass is 567 g/mol. The lowest BCUT2D eigenvalue weighted by Crippen LogP contribution is -2.25. The van der Waals surface area contributed by atoms with Gasteiger partial charge >= 0.3 is 0 Å². The Balaban J connectivity index is 1.86. The summed E-state index contributed by atoms with van der Waals surface area (Å²) in [7, 11) is 0. The molecule has 0 bridgehead atoms. The van der Waals surface area contributed by atoms with E-state index in [2.05, 4.69) is 15.6 Å². The molecule has 0 spiro atoms. The molecule has 3 aromatic carbocycles. The summed E-state index contributed by atoms with van der Waals surface area (Å²) in [5.74, 6) is -1.45. The number of aromatic amines is 1. The predicted octanol–water partition coefficient (Wildman–Crippen LogP) is 5.41. The zero-order valence-electron chi connectivity index (χ0n) is 18.5. The van der Waals surface area contributed by atoms with Crippen LogP contribution in [0, 0.1) is 22.7 Å². The van der Waals surface area contributed by atoms with Gasteiger partial charge in [0.15, 0.2) is 0 Å². The van der Waals surface area contributed by atoms with Gasteiger partial charge in [0.1, 0.15) is 23.3 Å². The van der Waals surface area contributed by atoms with Gasteiger partial charge in [-0.3, -0.25) is 9.59 Å². The minimum absolute atomic E-state index is 0.140. The molecule has 0 saturated carbocycles. The van der Waals surface area contributed by atoms with Gasteiger partial charge in [-0.05, 0) is 36.4 Å². The molecule has 4 rings (SSSR count). The third-order valence-electron chi connectivity index (χ3n) is 5.25. The molecule has 4 aromatic rings. The zero-order valence-corrected chi connectivity index (χ0v) is 21.5. The fourth-order valence-corrected chi connectivity index (χ4v) is 4.14. The summed E-state index contributed by atoms with van der Waals surface area (Å²) < 4.78 is 0. The summed E-state index contributed by atoms with van der Waals surface area (Å²) in [4.78, 5) is 29.0. The summed E-state index contributed by atoms with van der Waals surface area (Å²) in [5.41, 5.74) is 0.119. The van der Waals surface area contributed by atoms with Gasteiger partial charge in [0, 0.05) is 22.1 Å². The van der Waals surface area contributed by atoms with Gasteiger partial charge in [-0.15, -0.1) is 0 Å². The number of fused-ring (bicyclic) bond motifs is 1. The normalized spacial score (nSPS) is 12.3. The molecule has 0 aliphatic heterocycles. The average molecular weight is 569 g/mol. The Bertz CT molecular complexity index is 1670. The van der Waals surface area contributed by atoms with Crippen molar-refractivity contribution in [2.24, 2.45) is 0 Å². The van der Waals surface area contributed by atoms with Crippen LogP contribution < -0.4 is 21.3 Å². The molecule has 37 heavy (non-hydrogen) atoms. The van der Waals surface area contributed by atoms with Crippen molar-refractivity contribution in [3.63, 3.8) is 0 Å². The summed E-state index contributed by atoms with van der Waals surface area (Å²) in [5, 5.41) is 27.2. The van der Waals surface area contributed by atoms with Gasteiger partial charge in [-0.25, -0.2) is 0 Å².